The SMILES string of the molecule is O=C(NC1CCC(Oc2ncccn2)CC1)C1OCCc2ccccc21. The summed E-state index contributed by atoms with van der Waals surface area (Å²) < 4.78 is 11.6. The van der Waals surface area contributed by atoms with Gasteiger partial charge in [-0.15, -0.1) is 0 Å². The van der Waals surface area contributed by atoms with Crippen LogP contribution in [0.2, 0.25) is 0 Å². The molecule has 26 heavy (non-hydrogen) atoms. The lowest BCUT2D eigenvalue weighted by Crippen LogP contribution is -2.43. The van der Waals surface area contributed by atoms with E-state index in [4.69, 9.17) is 9.47 Å². The highest BCUT2D eigenvalue weighted by atomic mass is 16.5. The monoisotopic (exact) mass is 353 g/mol. The van der Waals surface area contributed by atoms with Crippen molar-refractivity contribution in [2.75, 3.05) is 6.61 Å². The molecule has 4 rings (SSSR count). The highest BCUT2D eigenvalue weighted by Gasteiger charge is 2.30. The van der Waals surface area contributed by atoms with E-state index in [-0.39, 0.29) is 18.1 Å². The van der Waals surface area contributed by atoms with Gasteiger partial charge in [0.15, 0.2) is 6.10 Å². The fourth-order valence-corrected chi connectivity index (χ4v) is 3.71. The number of hydrogen-bond acceptors (Lipinski definition) is 5. The molecule has 1 aromatic heterocycles. The van der Waals surface area contributed by atoms with Gasteiger partial charge in [0.1, 0.15) is 6.10 Å². The zero-order valence-corrected chi connectivity index (χ0v) is 14.6. The molecule has 6 heteroatoms. The molecular formula is C20H23N3O3. The second-order valence-electron chi connectivity index (χ2n) is 6.83. The first-order chi connectivity index (χ1) is 12.8. The van der Waals surface area contributed by atoms with Crippen LogP contribution in [0.4, 0.5) is 0 Å². The number of carbonyl (C=O) groups excluding carboxylic acids is 1. The summed E-state index contributed by atoms with van der Waals surface area (Å²) in [5, 5.41) is 3.16. The van der Waals surface area contributed by atoms with E-state index in [0.29, 0.717) is 12.6 Å². The van der Waals surface area contributed by atoms with Crippen molar-refractivity contribution >= 4 is 5.91 Å². The van der Waals surface area contributed by atoms with Gasteiger partial charge >= 0.3 is 6.01 Å². The van der Waals surface area contributed by atoms with E-state index in [1.54, 1.807) is 18.5 Å². The van der Waals surface area contributed by atoms with Gasteiger partial charge in [-0.3, -0.25) is 4.79 Å². The van der Waals surface area contributed by atoms with E-state index in [2.05, 4.69) is 21.4 Å². The molecule has 0 spiro atoms. The van der Waals surface area contributed by atoms with E-state index < -0.39 is 6.10 Å². The molecule has 1 unspecified atom stereocenters. The van der Waals surface area contributed by atoms with E-state index in [9.17, 15) is 4.79 Å². The minimum atomic E-state index is -0.494. The van der Waals surface area contributed by atoms with Gasteiger partial charge in [-0.1, -0.05) is 24.3 Å². The van der Waals surface area contributed by atoms with Crippen molar-refractivity contribution < 1.29 is 14.3 Å². The lowest BCUT2D eigenvalue weighted by atomic mass is 9.92. The number of amides is 1. The number of rotatable bonds is 4. The quantitative estimate of drug-likeness (QED) is 0.915. The average Bonchev–Trinajstić information content (AvgIpc) is 2.70. The maximum atomic E-state index is 12.7. The number of fused-ring (bicyclic) bond motifs is 1. The van der Waals surface area contributed by atoms with Gasteiger partial charge < -0.3 is 14.8 Å². The molecule has 0 bridgehead atoms. The van der Waals surface area contributed by atoms with Crippen molar-refractivity contribution in [1.82, 2.24) is 15.3 Å². The van der Waals surface area contributed by atoms with Crippen LogP contribution in [0.3, 0.4) is 0 Å². The van der Waals surface area contributed by atoms with Crippen molar-refractivity contribution in [3.05, 3.63) is 53.9 Å². The van der Waals surface area contributed by atoms with Gasteiger partial charge in [-0.25, -0.2) is 9.97 Å². The summed E-state index contributed by atoms with van der Waals surface area (Å²) in [5.74, 6) is -0.0343. The Hall–Kier alpha value is -2.47. The molecule has 1 saturated carbocycles. The van der Waals surface area contributed by atoms with Crippen molar-refractivity contribution in [2.24, 2.45) is 0 Å². The van der Waals surface area contributed by atoms with E-state index in [0.717, 1.165) is 37.7 Å². The first-order valence-corrected chi connectivity index (χ1v) is 9.23. The molecule has 1 fully saturated rings. The predicted octanol–water partition coefficient (Wildman–Crippen LogP) is 2.60. The van der Waals surface area contributed by atoms with Crippen LogP contribution in [0, 0.1) is 0 Å². The molecule has 1 N–H and O–H groups in total. The summed E-state index contributed by atoms with van der Waals surface area (Å²) in [6.45, 7) is 0.590. The zero-order chi connectivity index (χ0) is 17.8. The lowest BCUT2D eigenvalue weighted by molar-refractivity contribution is -0.135. The molecular weight excluding hydrogens is 330 g/mol. The van der Waals surface area contributed by atoms with Gasteiger partial charge in [0.05, 0.1) is 6.61 Å². The summed E-state index contributed by atoms with van der Waals surface area (Å²) in [4.78, 5) is 20.9. The fourth-order valence-electron chi connectivity index (χ4n) is 3.71. The number of hydrogen-bond donors (Lipinski definition) is 1. The third-order valence-electron chi connectivity index (χ3n) is 5.07. The largest absolute Gasteiger partial charge is 0.460 e. The summed E-state index contributed by atoms with van der Waals surface area (Å²) in [6, 6.07) is 10.4. The average molecular weight is 353 g/mol. The maximum absolute atomic E-state index is 12.7. The molecule has 1 amide bonds. The van der Waals surface area contributed by atoms with Crippen molar-refractivity contribution in [3.63, 3.8) is 0 Å². The Bertz CT molecular complexity index is 745. The smallest absolute Gasteiger partial charge is 0.316 e. The first-order valence-electron chi connectivity index (χ1n) is 9.23. The number of nitrogens with zero attached hydrogens (tertiary/aromatic N) is 2. The van der Waals surface area contributed by atoms with Crippen LogP contribution in [0.15, 0.2) is 42.7 Å². The molecule has 0 radical (unpaired) electrons. The van der Waals surface area contributed by atoms with Crippen LogP contribution in [0.1, 0.15) is 42.9 Å². The molecule has 2 aliphatic rings. The highest BCUT2D eigenvalue weighted by Crippen LogP contribution is 2.28. The summed E-state index contributed by atoms with van der Waals surface area (Å²) in [7, 11) is 0. The Labute approximate surface area is 153 Å². The predicted molar refractivity (Wildman–Crippen MR) is 95.7 cm³/mol. The van der Waals surface area contributed by atoms with E-state index in [1.165, 1.54) is 5.56 Å². The Balaban J connectivity index is 1.30. The second kappa shape index (κ2) is 7.83. The molecule has 136 valence electrons. The molecule has 1 aromatic carbocycles. The van der Waals surface area contributed by atoms with E-state index >= 15 is 0 Å². The van der Waals surface area contributed by atoms with Crippen LogP contribution in [-0.2, 0) is 16.0 Å². The Morgan fingerprint density at radius 2 is 1.85 bits per heavy atom. The molecule has 2 aromatic rings. The molecule has 6 nitrogen and oxygen atoms in total. The van der Waals surface area contributed by atoms with Gasteiger partial charge in [0.2, 0.25) is 0 Å². The van der Waals surface area contributed by atoms with Crippen LogP contribution >= 0.6 is 0 Å². The van der Waals surface area contributed by atoms with Crippen LogP contribution in [0.25, 0.3) is 0 Å². The standard InChI is InChI=1S/C20H23N3O3/c24-19(18-17-5-2-1-4-14(17)10-13-25-18)23-15-6-8-16(9-7-15)26-20-21-11-3-12-22-20/h1-5,11-12,15-16,18H,6-10,13H2,(H,23,24). The normalized spacial score (nSPS) is 25.2. The fraction of sp³-hybridized carbons (Fsp3) is 0.450. The molecule has 0 saturated heterocycles. The first kappa shape index (κ1) is 17.0. The molecule has 1 aliphatic heterocycles. The third kappa shape index (κ3) is 3.85. The minimum Gasteiger partial charge on any atom is -0.460 e. The summed E-state index contributed by atoms with van der Waals surface area (Å²) >= 11 is 0. The van der Waals surface area contributed by atoms with Gasteiger partial charge in [-0.05, 0) is 49.3 Å². The number of carbonyl (C=O) groups is 1. The van der Waals surface area contributed by atoms with E-state index in [1.807, 2.05) is 18.2 Å². The van der Waals surface area contributed by atoms with Crippen LogP contribution < -0.4 is 10.1 Å². The number of benzene rings is 1. The van der Waals surface area contributed by atoms with Crippen molar-refractivity contribution in [1.29, 1.82) is 0 Å². The zero-order valence-electron chi connectivity index (χ0n) is 14.6. The van der Waals surface area contributed by atoms with Crippen LogP contribution in [-0.4, -0.2) is 34.6 Å². The second-order valence-corrected chi connectivity index (χ2v) is 6.83. The van der Waals surface area contributed by atoms with Gasteiger partial charge in [-0.2, -0.15) is 0 Å². The Kier molecular flexibility index (Phi) is 5.11. The van der Waals surface area contributed by atoms with Crippen molar-refractivity contribution in [2.45, 2.75) is 50.4 Å². The molecule has 1 atom stereocenters. The molecule has 2 heterocycles. The third-order valence-corrected chi connectivity index (χ3v) is 5.07. The number of aromatic nitrogens is 2. The maximum Gasteiger partial charge on any atom is 0.316 e. The van der Waals surface area contributed by atoms with Gasteiger partial charge in [0, 0.05) is 18.4 Å². The number of ether oxygens (including phenoxy) is 2. The Morgan fingerprint density at radius 1 is 1.08 bits per heavy atom. The van der Waals surface area contributed by atoms with Crippen LogP contribution in [0.5, 0.6) is 6.01 Å². The lowest BCUT2D eigenvalue weighted by Gasteiger charge is -2.31. The van der Waals surface area contributed by atoms with Crippen molar-refractivity contribution in [3.8, 4) is 6.01 Å². The minimum absolute atomic E-state index is 0.0343. The Morgan fingerprint density at radius 3 is 2.65 bits per heavy atom. The highest BCUT2D eigenvalue weighted by molar-refractivity contribution is 5.83. The summed E-state index contributed by atoms with van der Waals surface area (Å²) in [5.41, 5.74) is 2.20. The number of nitrogens with one attached hydrogen (secondary N) is 1. The molecule has 1 aliphatic carbocycles. The topological polar surface area (TPSA) is 73.3 Å². The van der Waals surface area contributed by atoms with Gasteiger partial charge in [0.25, 0.3) is 5.91 Å². The summed E-state index contributed by atoms with van der Waals surface area (Å²) in [6.07, 6.45) is 7.37.